The van der Waals surface area contributed by atoms with Crippen molar-refractivity contribution in [1.82, 2.24) is 0 Å². The van der Waals surface area contributed by atoms with E-state index in [1.54, 1.807) is 25.1 Å². The van der Waals surface area contributed by atoms with Crippen molar-refractivity contribution in [2.24, 2.45) is 11.5 Å². The van der Waals surface area contributed by atoms with Crippen molar-refractivity contribution >= 4 is 33.4 Å². The zero-order valence-corrected chi connectivity index (χ0v) is 12.1. The quantitative estimate of drug-likeness (QED) is 0.696. The maximum Gasteiger partial charge on any atom is 0.236 e. The number of hydrogen-bond acceptors (Lipinski definition) is 4. The molecule has 7 heteroatoms. The highest BCUT2D eigenvalue weighted by Gasteiger charge is 2.16. The Balaban J connectivity index is 3.07. The molecule has 1 aromatic carbocycles. The fourth-order valence-corrected chi connectivity index (χ4v) is 2.29. The van der Waals surface area contributed by atoms with Crippen LogP contribution in [0.15, 0.2) is 22.7 Å². The average Bonchev–Trinajstić information content (AvgIpc) is 2.26. The lowest BCUT2D eigenvalue weighted by Gasteiger charge is -2.23. The number of carbonyl (C=O) groups excluding carboxylic acids is 2. The number of aliphatic hydroxyl groups excluding tert-OH is 1. The highest BCUT2D eigenvalue weighted by atomic mass is 79.9. The predicted molar refractivity (Wildman–Crippen MR) is 75.4 cm³/mol. The van der Waals surface area contributed by atoms with Crippen LogP contribution in [0.1, 0.15) is 18.6 Å². The molecule has 1 atom stereocenters. The average molecular weight is 330 g/mol. The molecule has 1 rings (SSSR count). The van der Waals surface area contributed by atoms with Crippen LogP contribution in [0.2, 0.25) is 0 Å². The zero-order chi connectivity index (χ0) is 14.6. The first-order chi connectivity index (χ1) is 8.81. The van der Waals surface area contributed by atoms with Gasteiger partial charge in [-0.25, -0.2) is 0 Å². The second-order valence-electron chi connectivity index (χ2n) is 4.18. The SMILES string of the molecule is CC(O)c1ccc(N(CC(N)=O)CC(N)=O)c(Br)c1. The van der Waals surface area contributed by atoms with Gasteiger partial charge in [0.2, 0.25) is 11.8 Å². The molecule has 1 aromatic rings. The highest BCUT2D eigenvalue weighted by Crippen LogP contribution is 2.29. The lowest BCUT2D eigenvalue weighted by Crippen LogP contribution is -2.39. The molecule has 0 radical (unpaired) electrons. The number of halogens is 1. The maximum atomic E-state index is 11.0. The van der Waals surface area contributed by atoms with E-state index in [-0.39, 0.29) is 13.1 Å². The molecule has 1 unspecified atom stereocenters. The molecule has 0 heterocycles. The van der Waals surface area contributed by atoms with Crippen LogP contribution in [-0.4, -0.2) is 30.0 Å². The number of amides is 2. The maximum absolute atomic E-state index is 11.0. The minimum absolute atomic E-state index is 0.116. The van der Waals surface area contributed by atoms with Crippen LogP contribution in [0.25, 0.3) is 0 Å². The summed E-state index contributed by atoms with van der Waals surface area (Å²) in [6, 6.07) is 5.12. The fourth-order valence-electron chi connectivity index (χ4n) is 1.64. The first-order valence-electron chi connectivity index (χ1n) is 5.60. The van der Waals surface area contributed by atoms with Crippen molar-refractivity contribution in [3.8, 4) is 0 Å². The van der Waals surface area contributed by atoms with Gasteiger partial charge in [0.05, 0.1) is 24.9 Å². The van der Waals surface area contributed by atoms with Crippen LogP contribution in [0.3, 0.4) is 0 Å². The number of aliphatic hydroxyl groups is 1. The van der Waals surface area contributed by atoms with Crippen molar-refractivity contribution in [3.63, 3.8) is 0 Å². The molecule has 0 saturated heterocycles. The summed E-state index contributed by atoms with van der Waals surface area (Å²) in [4.78, 5) is 23.5. The van der Waals surface area contributed by atoms with Crippen molar-refractivity contribution in [2.75, 3.05) is 18.0 Å². The summed E-state index contributed by atoms with van der Waals surface area (Å²) in [6.07, 6.45) is -0.605. The van der Waals surface area contributed by atoms with E-state index in [0.29, 0.717) is 15.7 Å². The highest BCUT2D eigenvalue weighted by molar-refractivity contribution is 9.10. The van der Waals surface area contributed by atoms with E-state index in [1.807, 2.05) is 0 Å². The topological polar surface area (TPSA) is 110 Å². The van der Waals surface area contributed by atoms with Crippen LogP contribution < -0.4 is 16.4 Å². The van der Waals surface area contributed by atoms with E-state index in [9.17, 15) is 14.7 Å². The van der Waals surface area contributed by atoms with E-state index in [0.717, 1.165) is 0 Å². The predicted octanol–water partition coefficient (Wildman–Crippen LogP) is 0.279. The Kier molecular flexibility index (Phi) is 5.31. The molecule has 2 amide bonds. The van der Waals surface area contributed by atoms with Gasteiger partial charge < -0.3 is 21.5 Å². The Morgan fingerprint density at radius 3 is 2.21 bits per heavy atom. The van der Waals surface area contributed by atoms with E-state index >= 15 is 0 Å². The Morgan fingerprint density at radius 1 is 1.32 bits per heavy atom. The van der Waals surface area contributed by atoms with Gasteiger partial charge in [0.1, 0.15) is 0 Å². The third-order valence-corrected chi connectivity index (χ3v) is 3.12. The smallest absolute Gasteiger partial charge is 0.236 e. The number of carbonyl (C=O) groups is 2. The Labute approximate surface area is 119 Å². The molecule has 19 heavy (non-hydrogen) atoms. The van der Waals surface area contributed by atoms with Crippen molar-refractivity contribution in [3.05, 3.63) is 28.2 Å². The Hall–Kier alpha value is -1.60. The molecule has 6 nitrogen and oxygen atoms in total. The van der Waals surface area contributed by atoms with Gasteiger partial charge in [-0.2, -0.15) is 0 Å². The van der Waals surface area contributed by atoms with Gasteiger partial charge in [0, 0.05) is 4.47 Å². The summed E-state index contributed by atoms with van der Waals surface area (Å²) >= 11 is 3.34. The number of primary amides is 2. The molecule has 0 bridgehead atoms. The molecule has 0 aromatic heterocycles. The number of benzene rings is 1. The number of nitrogens with zero attached hydrogens (tertiary/aromatic N) is 1. The number of rotatable bonds is 6. The number of anilines is 1. The standard InChI is InChI=1S/C12H16BrN3O3/c1-7(17)8-2-3-10(9(13)4-8)16(5-11(14)18)6-12(15)19/h2-4,7,17H,5-6H2,1H3,(H2,14,18)(H2,15,19). The third-order valence-electron chi connectivity index (χ3n) is 2.49. The first kappa shape index (κ1) is 15.5. The molecule has 0 spiro atoms. The van der Waals surface area contributed by atoms with E-state index < -0.39 is 17.9 Å². The van der Waals surface area contributed by atoms with E-state index in [1.165, 1.54) is 4.90 Å². The zero-order valence-electron chi connectivity index (χ0n) is 10.5. The second kappa shape index (κ2) is 6.53. The summed E-state index contributed by atoms with van der Waals surface area (Å²) < 4.78 is 0.647. The molecule has 5 N–H and O–H groups in total. The number of nitrogens with two attached hydrogens (primary N) is 2. The van der Waals surface area contributed by atoms with E-state index in [4.69, 9.17) is 11.5 Å². The monoisotopic (exact) mass is 329 g/mol. The van der Waals surface area contributed by atoms with Crippen molar-refractivity contribution < 1.29 is 14.7 Å². The molecule has 0 aliphatic carbocycles. The molecular weight excluding hydrogens is 314 g/mol. The van der Waals surface area contributed by atoms with Gasteiger partial charge in [0.25, 0.3) is 0 Å². The minimum atomic E-state index is -0.605. The fraction of sp³-hybridized carbons (Fsp3) is 0.333. The van der Waals surface area contributed by atoms with Gasteiger partial charge in [0.15, 0.2) is 0 Å². The molecule has 0 aliphatic rings. The largest absolute Gasteiger partial charge is 0.389 e. The van der Waals surface area contributed by atoms with Crippen LogP contribution in [0.4, 0.5) is 5.69 Å². The van der Waals surface area contributed by atoms with Gasteiger partial charge in [-0.1, -0.05) is 6.07 Å². The first-order valence-corrected chi connectivity index (χ1v) is 6.39. The van der Waals surface area contributed by atoms with Gasteiger partial charge in [-0.15, -0.1) is 0 Å². The molecule has 0 aliphatic heterocycles. The van der Waals surface area contributed by atoms with Crippen molar-refractivity contribution in [1.29, 1.82) is 0 Å². The summed E-state index contributed by atoms with van der Waals surface area (Å²) in [5, 5.41) is 9.49. The summed E-state index contributed by atoms with van der Waals surface area (Å²) in [5.74, 6) is -1.12. The van der Waals surface area contributed by atoms with Crippen LogP contribution in [0, 0.1) is 0 Å². The molecule has 0 saturated carbocycles. The Bertz CT molecular complexity index is 475. The minimum Gasteiger partial charge on any atom is -0.389 e. The third kappa shape index (κ3) is 4.53. The Morgan fingerprint density at radius 2 is 1.84 bits per heavy atom. The van der Waals surface area contributed by atoms with Gasteiger partial charge in [-0.05, 0) is 40.5 Å². The molecule has 0 fully saturated rings. The van der Waals surface area contributed by atoms with Crippen LogP contribution in [0.5, 0.6) is 0 Å². The van der Waals surface area contributed by atoms with Gasteiger partial charge >= 0.3 is 0 Å². The number of hydrogen-bond donors (Lipinski definition) is 3. The molecular formula is C12H16BrN3O3. The van der Waals surface area contributed by atoms with Gasteiger partial charge in [-0.3, -0.25) is 9.59 Å². The summed E-state index contributed by atoms with van der Waals surface area (Å²) in [5.41, 5.74) is 11.6. The van der Waals surface area contributed by atoms with Crippen LogP contribution in [-0.2, 0) is 9.59 Å². The summed E-state index contributed by atoms with van der Waals surface area (Å²) in [6.45, 7) is 1.41. The second-order valence-corrected chi connectivity index (χ2v) is 5.03. The van der Waals surface area contributed by atoms with Crippen molar-refractivity contribution in [2.45, 2.75) is 13.0 Å². The van der Waals surface area contributed by atoms with E-state index in [2.05, 4.69) is 15.9 Å². The summed E-state index contributed by atoms with van der Waals surface area (Å²) in [7, 11) is 0. The van der Waals surface area contributed by atoms with Crippen LogP contribution >= 0.6 is 15.9 Å². The normalized spacial score (nSPS) is 11.9. The molecule has 104 valence electrons. The lowest BCUT2D eigenvalue weighted by molar-refractivity contribution is -0.117. The lowest BCUT2D eigenvalue weighted by atomic mass is 10.1.